The van der Waals surface area contributed by atoms with Gasteiger partial charge in [0.25, 0.3) is 6.43 Å². The van der Waals surface area contributed by atoms with Gasteiger partial charge in [0.15, 0.2) is 11.6 Å². The summed E-state index contributed by atoms with van der Waals surface area (Å²) in [5.41, 5.74) is 3.05. The molecule has 0 amide bonds. The molecule has 0 saturated heterocycles. The van der Waals surface area contributed by atoms with Crippen molar-refractivity contribution in [1.29, 1.82) is 0 Å². The van der Waals surface area contributed by atoms with Crippen molar-refractivity contribution in [2.75, 3.05) is 12.4 Å². The molecule has 1 fully saturated rings. The molecule has 3 aromatic rings. The first-order valence-electron chi connectivity index (χ1n) is 11.3. The van der Waals surface area contributed by atoms with E-state index >= 15 is 4.39 Å². The molecule has 7 nitrogen and oxygen atoms in total. The molecule has 1 saturated carbocycles. The first-order chi connectivity index (χ1) is 16.7. The number of carbonyl (C=O) groups is 1. The molecular formula is C25H24F3N5O2. The van der Waals surface area contributed by atoms with Crippen LogP contribution in [0.15, 0.2) is 29.3 Å². The average molecular weight is 483 g/mol. The Kier molecular flexibility index (Phi) is 5.82. The Bertz CT molecular complexity index is 1340. The van der Waals surface area contributed by atoms with Crippen LogP contribution in [-0.2, 0) is 24.7 Å². The Hall–Kier alpha value is -3.69. The van der Waals surface area contributed by atoms with Crippen LogP contribution in [0.2, 0.25) is 0 Å². The molecular weight excluding hydrogens is 459 g/mol. The summed E-state index contributed by atoms with van der Waals surface area (Å²) in [5.74, 6) is -0.536. The number of benzene rings is 1. The maximum atomic E-state index is 15.5. The predicted molar refractivity (Wildman–Crippen MR) is 126 cm³/mol. The van der Waals surface area contributed by atoms with Crippen molar-refractivity contribution in [2.24, 2.45) is 18.0 Å². The summed E-state index contributed by atoms with van der Waals surface area (Å²) in [6.45, 7) is 1.87. The second-order valence-electron chi connectivity index (χ2n) is 8.88. The fourth-order valence-corrected chi connectivity index (χ4v) is 4.18. The number of rotatable bonds is 8. The summed E-state index contributed by atoms with van der Waals surface area (Å²) in [6, 6.07) is 6.60. The van der Waals surface area contributed by atoms with E-state index < -0.39 is 12.2 Å². The van der Waals surface area contributed by atoms with Gasteiger partial charge in [-0.1, -0.05) is 0 Å². The molecule has 0 spiro atoms. The normalized spacial score (nSPS) is 14.8. The number of aliphatic imine (C=N–C) groups is 1. The summed E-state index contributed by atoms with van der Waals surface area (Å²) in [4.78, 5) is 20.9. The van der Waals surface area contributed by atoms with Gasteiger partial charge in [0.2, 0.25) is 0 Å². The van der Waals surface area contributed by atoms with Crippen molar-refractivity contribution in [3.63, 3.8) is 0 Å². The van der Waals surface area contributed by atoms with Gasteiger partial charge in [-0.05, 0) is 44.0 Å². The van der Waals surface area contributed by atoms with Gasteiger partial charge < -0.3 is 10.1 Å². The van der Waals surface area contributed by atoms with Crippen molar-refractivity contribution in [1.82, 2.24) is 14.8 Å². The van der Waals surface area contributed by atoms with E-state index in [0.717, 1.165) is 18.5 Å². The van der Waals surface area contributed by atoms with E-state index in [9.17, 15) is 13.6 Å². The van der Waals surface area contributed by atoms with Crippen LogP contribution in [0.1, 0.15) is 29.9 Å². The van der Waals surface area contributed by atoms with E-state index in [4.69, 9.17) is 4.74 Å². The van der Waals surface area contributed by atoms with Gasteiger partial charge in [0.05, 0.1) is 41.3 Å². The van der Waals surface area contributed by atoms with Gasteiger partial charge in [-0.25, -0.2) is 18.2 Å². The second-order valence-corrected chi connectivity index (χ2v) is 8.88. The molecule has 0 radical (unpaired) electrons. The molecule has 5 rings (SSSR count). The number of methoxy groups -OCH3 is 1. The smallest absolute Gasteiger partial charge is 0.277 e. The van der Waals surface area contributed by atoms with Crippen molar-refractivity contribution >= 4 is 28.6 Å². The highest BCUT2D eigenvalue weighted by Crippen LogP contribution is 2.41. The number of nitrogens with one attached hydrogen (secondary N) is 1. The van der Waals surface area contributed by atoms with E-state index in [2.05, 4.69) is 20.4 Å². The van der Waals surface area contributed by atoms with E-state index in [-0.39, 0.29) is 52.9 Å². The molecule has 2 aromatic heterocycles. The zero-order valence-corrected chi connectivity index (χ0v) is 19.5. The monoisotopic (exact) mass is 483 g/mol. The number of ether oxygens (including phenoxy) is 1. The molecule has 1 N–H and O–H groups in total. The Morgan fingerprint density at radius 3 is 2.66 bits per heavy atom. The SMILES string of the molecule is COc1c(Nc2cc(CC(=O)C3CC3)nc3c2N=C(C(F)F)C3)ccc(-c2cc(C)n(C)n2)c1F. The Balaban J connectivity index is 1.53. The van der Waals surface area contributed by atoms with Crippen molar-refractivity contribution < 1.29 is 22.7 Å². The summed E-state index contributed by atoms with van der Waals surface area (Å²) >= 11 is 0. The number of carbonyl (C=O) groups excluding carboxylic acids is 1. The molecule has 1 aromatic carbocycles. The van der Waals surface area contributed by atoms with Crippen LogP contribution in [0, 0.1) is 18.7 Å². The van der Waals surface area contributed by atoms with E-state index in [0.29, 0.717) is 22.8 Å². The first kappa shape index (κ1) is 23.1. The minimum absolute atomic E-state index is 0.0475. The van der Waals surface area contributed by atoms with Crippen LogP contribution in [0.3, 0.4) is 0 Å². The zero-order chi connectivity index (χ0) is 24.9. The molecule has 35 heavy (non-hydrogen) atoms. The number of hydrogen-bond acceptors (Lipinski definition) is 6. The number of nitrogens with zero attached hydrogens (tertiary/aromatic N) is 4. The van der Waals surface area contributed by atoms with Gasteiger partial charge in [0.1, 0.15) is 11.5 Å². The quantitative estimate of drug-likeness (QED) is 0.482. The summed E-state index contributed by atoms with van der Waals surface area (Å²) in [6.07, 6.45) is -0.976. The molecule has 3 heterocycles. The van der Waals surface area contributed by atoms with Crippen LogP contribution < -0.4 is 10.1 Å². The van der Waals surface area contributed by atoms with E-state index in [1.807, 2.05) is 6.92 Å². The molecule has 10 heteroatoms. The Labute approximate surface area is 200 Å². The van der Waals surface area contributed by atoms with Gasteiger partial charge >= 0.3 is 0 Å². The molecule has 0 bridgehead atoms. The molecule has 0 unspecified atom stereocenters. The van der Waals surface area contributed by atoms with Gasteiger partial charge in [-0.3, -0.25) is 14.5 Å². The minimum Gasteiger partial charge on any atom is -0.492 e. The number of fused-ring (bicyclic) bond motifs is 1. The largest absolute Gasteiger partial charge is 0.492 e. The lowest BCUT2D eigenvalue weighted by molar-refractivity contribution is -0.119. The Morgan fingerprint density at radius 1 is 1.26 bits per heavy atom. The predicted octanol–water partition coefficient (Wildman–Crippen LogP) is 5.10. The van der Waals surface area contributed by atoms with Crippen molar-refractivity contribution in [2.45, 2.75) is 39.0 Å². The summed E-state index contributed by atoms with van der Waals surface area (Å²) in [5, 5.41) is 7.42. The van der Waals surface area contributed by atoms with Crippen LogP contribution >= 0.6 is 0 Å². The van der Waals surface area contributed by atoms with E-state index in [1.54, 1.807) is 36.0 Å². The van der Waals surface area contributed by atoms with Gasteiger partial charge in [0, 0.05) is 37.1 Å². The van der Waals surface area contributed by atoms with Crippen LogP contribution in [0.4, 0.5) is 30.2 Å². The van der Waals surface area contributed by atoms with Gasteiger partial charge in [-0.2, -0.15) is 5.10 Å². The molecule has 182 valence electrons. The molecule has 1 aliphatic heterocycles. The number of hydrogen-bond donors (Lipinski definition) is 1. The van der Waals surface area contributed by atoms with Crippen LogP contribution in [-0.4, -0.2) is 39.8 Å². The number of alkyl halides is 2. The number of pyridine rings is 1. The summed E-state index contributed by atoms with van der Waals surface area (Å²) in [7, 11) is 3.12. The zero-order valence-electron chi connectivity index (χ0n) is 19.5. The van der Waals surface area contributed by atoms with Crippen LogP contribution in [0.5, 0.6) is 5.75 Å². The number of aromatic nitrogens is 3. The van der Waals surface area contributed by atoms with Crippen molar-refractivity contribution in [3.8, 4) is 17.0 Å². The van der Waals surface area contributed by atoms with Gasteiger partial charge in [-0.15, -0.1) is 0 Å². The minimum atomic E-state index is -2.72. The number of aryl methyl sites for hydroxylation is 2. The lowest BCUT2D eigenvalue weighted by Crippen LogP contribution is -2.11. The van der Waals surface area contributed by atoms with Crippen LogP contribution in [0.25, 0.3) is 11.3 Å². The number of ketones is 1. The third-order valence-electron chi connectivity index (χ3n) is 6.32. The highest BCUT2D eigenvalue weighted by Gasteiger charge is 2.31. The topological polar surface area (TPSA) is 81.4 Å². The second kappa shape index (κ2) is 8.83. The highest BCUT2D eigenvalue weighted by atomic mass is 19.3. The average Bonchev–Trinajstić information content (AvgIpc) is 3.49. The number of halogens is 3. The third-order valence-corrected chi connectivity index (χ3v) is 6.32. The lowest BCUT2D eigenvalue weighted by Gasteiger charge is -2.16. The van der Waals surface area contributed by atoms with Crippen molar-refractivity contribution in [3.05, 3.63) is 47.2 Å². The highest BCUT2D eigenvalue weighted by molar-refractivity contribution is 5.99. The third kappa shape index (κ3) is 4.40. The lowest BCUT2D eigenvalue weighted by atomic mass is 10.1. The Morgan fingerprint density at radius 2 is 2.03 bits per heavy atom. The fraction of sp³-hybridized carbons (Fsp3) is 0.360. The fourth-order valence-electron chi connectivity index (χ4n) is 4.18. The number of Topliss-reactive ketones (excluding diaryl/α,β-unsaturated/α-hetero) is 1. The maximum Gasteiger partial charge on any atom is 0.277 e. The van der Waals surface area contributed by atoms with E-state index in [1.165, 1.54) is 7.11 Å². The summed E-state index contributed by atoms with van der Waals surface area (Å²) < 4.78 is 49.2. The first-order valence-corrected chi connectivity index (χ1v) is 11.3. The molecule has 0 atom stereocenters. The molecule has 1 aliphatic carbocycles. The number of anilines is 2. The maximum absolute atomic E-state index is 15.5. The standard InChI is InChI=1S/C25H24F3N5O2/c1-12-8-17(32-33(12)2)15-6-7-16(24(35-3)22(15)26)30-18-9-14(10-21(34)13-4-5-13)29-19-11-20(25(27)28)31-23(18)19/h6-9,13,25H,4-5,10-11H2,1-3H3,(H,29,30). The molecule has 2 aliphatic rings.